The van der Waals surface area contributed by atoms with Crippen molar-refractivity contribution < 1.29 is 9.90 Å². The Bertz CT molecular complexity index is 346. The normalized spacial score (nSPS) is 16.9. The summed E-state index contributed by atoms with van der Waals surface area (Å²) in [5.74, 6) is 0.238. The summed E-state index contributed by atoms with van der Waals surface area (Å²) in [6, 6.07) is 0. The molecule has 1 N–H and O–H groups in total. The first kappa shape index (κ1) is 9.54. The molecule has 2 rings (SSSR count). The van der Waals surface area contributed by atoms with Gasteiger partial charge in [0.1, 0.15) is 4.88 Å². The molecular formula is C8H11N3O2S. The van der Waals surface area contributed by atoms with Crippen molar-refractivity contribution in [3.8, 4) is 0 Å². The van der Waals surface area contributed by atoms with Gasteiger partial charge in [0.15, 0.2) is 0 Å². The summed E-state index contributed by atoms with van der Waals surface area (Å²) in [6.07, 6.45) is 0. The first-order valence-corrected chi connectivity index (χ1v) is 5.18. The van der Waals surface area contributed by atoms with Crippen molar-refractivity contribution in [3.63, 3.8) is 0 Å². The number of carbonyl (C=O) groups is 1. The van der Waals surface area contributed by atoms with Gasteiger partial charge in [0.2, 0.25) is 0 Å². The molecule has 14 heavy (non-hydrogen) atoms. The quantitative estimate of drug-likeness (QED) is 0.745. The molecule has 6 heteroatoms. The SMILES string of the molecule is Cc1nnsc1C(=O)N1CC(CO)C1. The molecule has 0 saturated carbocycles. The van der Waals surface area contributed by atoms with Gasteiger partial charge < -0.3 is 10.0 Å². The number of likely N-dealkylation sites (tertiary alicyclic amines) is 1. The van der Waals surface area contributed by atoms with Gasteiger partial charge in [-0.1, -0.05) is 4.49 Å². The summed E-state index contributed by atoms with van der Waals surface area (Å²) >= 11 is 1.13. The maximum Gasteiger partial charge on any atom is 0.267 e. The summed E-state index contributed by atoms with van der Waals surface area (Å²) in [5, 5.41) is 12.6. The van der Waals surface area contributed by atoms with Crippen LogP contribution in [-0.2, 0) is 0 Å². The Balaban J connectivity index is 2.01. The van der Waals surface area contributed by atoms with Gasteiger partial charge in [-0.3, -0.25) is 4.79 Å². The number of hydrogen-bond acceptors (Lipinski definition) is 5. The van der Waals surface area contributed by atoms with E-state index in [0.717, 1.165) is 11.5 Å². The molecule has 5 nitrogen and oxygen atoms in total. The minimum atomic E-state index is -0.0119. The lowest BCUT2D eigenvalue weighted by molar-refractivity contribution is 0.0365. The molecule has 0 spiro atoms. The number of aliphatic hydroxyl groups excluding tert-OH is 1. The Kier molecular flexibility index (Phi) is 2.47. The molecule has 0 aromatic carbocycles. The molecule has 1 aliphatic heterocycles. The molecule has 0 aliphatic carbocycles. The Morgan fingerprint density at radius 1 is 1.71 bits per heavy atom. The van der Waals surface area contributed by atoms with Gasteiger partial charge in [0, 0.05) is 25.6 Å². The summed E-state index contributed by atoms with van der Waals surface area (Å²) < 4.78 is 3.72. The number of carbonyl (C=O) groups excluding carboxylic acids is 1. The van der Waals surface area contributed by atoms with Crippen molar-refractivity contribution in [3.05, 3.63) is 10.6 Å². The predicted molar refractivity (Wildman–Crippen MR) is 51.1 cm³/mol. The first-order chi connectivity index (χ1) is 6.72. The van der Waals surface area contributed by atoms with Crippen molar-refractivity contribution in [2.45, 2.75) is 6.92 Å². The van der Waals surface area contributed by atoms with Crippen LogP contribution >= 0.6 is 11.5 Å². The Hall–Kier alpha value is -1.01. The fourth-order valence-electron chi connectivity index (χ4n) is 1.42. The highest BCUT2D eigenvalue weighted by atomic mass is 32.1. The fraction of sp³-hybridized carbons (Fsp3) is 0.625. The van der Waals surface area contributed by atoms with E-state index in [-0.39, 0.29) is 18.4 Å². The molecule has 1 saturated heterocycles. The van der Waals surface area contributed by atoms with E-state index in [1.54, 1.807) is 11.8 Å². The van der Waals surface area contributed by atoms with Crippen molar-refractivity contribution in [2.75, 3.05) is 19.7 Å². The van der Waals surface area contributed by atoms with E-state index in [9.17, 15) is 4.79 Å². The molecule has 1 aromatic rings. The van der Waals surface area contributed by atoms with Gasteiger partial charge in [0.25, 0.3) is 5.91 Å². The minimum Gasteiger partial charge on any atom is -0.396 e. The van der Waals surface area contributed by atoms with Crippen LogP contribution < -0.4 is 0 Å². The zero-order chi connectivity index (χ0) is 10.1. The molecule has 76 valence electrons. The van der Waals surface area contributed by atoms with E-state index in [4.69, 9.17) is 5.11 Å². The van der Waals surface area contributed by atoms with Gasteiger partial charge in [-0.15, -0.1) is 5.10 Å². The summed E-state index contributed by atoms with van der Waals surface area (Å²) in [6.45, 7) is 3.23. The Morgan fingerprint density at radius 2 is 2.43 bits per heavy atom. The zero-order valence-electron chi connectivity index (χ0n) is 7.80. The summed E-state index contributed by atoms with van der Waals surface area (Å²) in [4.78, 5) is 14.1. The van der Waals surface area contributed by atoms with Crippen LogP contribution in [0.1, 0.15) is 15.4 Å². The van der Waals surface area contributed by atoms with Crippen LogP contribution in [-0.4, -0.2) is 45.2 Å². The molecule has 2 heterocycles. The topological polar surface area (TPSA) is 66.3 Å². The Morgan fingerprint density at radius 3 is 2.93 bits per heavy atom. The average Bonchev–Trinajstić information content (AvgIpc) is 2.49. The second-order valence-electron chi connectivity index (χ2n) is 3.45. The summed E-state index contributed by atoms with van der Waals surface area (Å²) in [7, 11) is 0. The molecule has 1 aromatic heterocycles. The highest BCUT2D eigenvalue weighted by Gasteiger charge is 2.32. The van der Waals surface area contributed by atoms with Crippen molar-refractivity contribution in [2.24, 2.45) is 5.92 Å². The van der Waals surface area contributed by atoms with E-state index in [0.29, 0.717) is 23.7 Å². The Labute approximate surface area is 85.5 Å². The molecule has 0 radical (unpaired) electrons. The molecule has 0 unspecified atom stereocenters. The summed E-state index contributed by atoms with van der Waals surface area (Å²) in [5.41, 5.74) is 0.687. The van der Waals surface area contributed by atoms with Gasteiger partial charge >= 0.3 is 0 Å². The van der Waals surface area contributed by atoms with Gasteiger partial charge in [0.05, 0.1) is 5.69 Å². The maximum absolute atomic E-state index is 11.7. The van der Waals surface area contributed by atoms with Crippen LogP contribution in [0, 0.1) is 12.8 Å². The molecule has 0 bridgehead atoms. The maximum atomic E-state index is 11.7. The van der Waals surface area contributed by atoms with Gasteiger partial charge in [-0.05, 0) is 18.5 Å². The van der Waals surface area contributed by atoms with E-state index in [2.05, 4.69) is 9.59 Å². The van der Waals surface area contributed by atoms with Crippen LogP contribution in [0.2, 0.25) is 0 Å². The number of aromatic nitrogens is 2. The molecule has 0 atom stereocenters. The van der Waals surface area contributed by atoms with Crippen LogP contribution in [0.25, 0.3) is 0 Å². The second-order valence-corrected chi connectivity index (χ2v) is 4.20. The number of aliphatic hydroxyl groups is 1. The van der Waals surface area contributed by atoms with Crippen molar-refractivity contribution in [1.29, 1.82) is 0 Å². The van der Waals surface area contributed by atoms with Gasteiger partial charge in [-0.2, -0.15) is 0 Å². The molecule has 1 fully saturated rings. The lowest BCUT2D eigenvalue weighted by Gasteiger charge is -2.37. The third-order valence-corrected chi connectivity index (χ3v) is 3.16. The van der Waals surface area contributed by atoms with E-state index in [1.807, 2.05) is 0 Å². The van der Waals surface area contributed by atoms with Crippen LogP contribution in [0.15, 0.2) is 0 Å². The van der Waals surface area contributed by atoms with Gasteiger partial charge in [-0.25, -0.2) is 0 Å². The molecule has 1 aliphatic rings. The smallest absolute Gasteiger partial charge is 0.267 e. The van der Waals surface area contributed by atoms with Crippen LogP contribution in [0.3, 0.4) is 0 Å². The lowest BCUT2D eigenvalue weighted by atomic mass is 10.0. The number of hydrogen-bond donors (Lipinski definition) is 1. The molecular weight excluding hydrogens is 202 g/mol. The van der Waals surface area contributed by atoms with E-state index >= 15 is 0 Å². The minimum absolute atomic E-state index is 0.0119. The second kappa shape index (κ2) is 3.62. The third kappa shape index (κ3) is 1.51. The largest absolute Gasteiger partial charge is 0.396 e. The first-order valence-electron chi connectivity index (χ1n) is 4.41. The average molecular weight is 213 g/mol. The fourth-order valence-corrected chi connectivity index (χ4v) is 2.05. The number of nitrogens with zero attached hydrogens (tertiary/aromatic N) is 3. The van der Waals surface area contributed by atoms with Crippen LogP contribution in [0.5, 0.6) is 0 Å². The number of rotatable bonds is 2. The number of amides is 1. The van der Waals surface area contributed by atoms with E-state index < -0.39 is 0 Å². The monoisotopic (exact) mass is 213 g/mol. The standard InChI is InChI=1S/C8H11N3O2S/c1-5-7(14-10-9-5)8(13)11-2-6(3-11)4-12/h6,12H,2-4H2,1H3. The highest BCUT2D eigenvalue weighted by molar-refractivity contribution is 7.07. The zero-order valence-corrected chi connectivity index (χ0v) is 8.62. The molecule has 1 amide bonds. The van der Waals surface area contributed by atoms with Crippen LogP contribution in [0.4, 0.5) is 0 Å². The van der Waals surface area contributed by atoms with Crippen molar-refractivity contribution >= 4 is 17.4 Å². The lowest BCUT2D eigenvalue weighted by Crippen LogP contribution is -2.51. The van der Waals surface area contributed by atoms with E-state index in [1.165, 1.54) is 0 Å². The third-order valence-electron chi connectivity index (χ3n) is 2.35. The number of aryl methyl sites for hydroxylation is 1. The highest BCUT2D eigenvalue weighted by Crippen LogP contribution is 2.20. The predicted octanol–water partition coefficient (Wildman–Crippen LogP) is -0.0892. The van der Waals surface area contributed by atoms with Crippen molar-refractivity contribution in [1.82, 2.24) is 14.5 Å².